The second-order valence-electron chi connectivity index (χ2n) is 9.78. The van der Waals surface area contributed by atoms with E-state index in [2.05, 4.69) is 83.5 Å². The zero-order valence-electron chi connectivity index (χ0n) is 26.9. The lowest BCUT2D eigenvalue weighted by molar-refractivity contribution is 0.163. The molecule has 1 aromatic carbocycles. The van der Waals surface area contributed by atoms with Gasteiger partial charge in [-0.25, -0.2) is 9.50 Å². The smallest absolute Gasteiger partial charge is 0.151 e. The number of aliphatic hydroxyl groups is 1. The van der Waals surface area contributed by atoms with Gasteiger partial charge >= 0.3 is 0 Å². The second kappa shape index (κ2) is 18.8. The Hall–Kier alpha value is -3.49. The van der Waals surface area contributed by atoms with Crippen LogP contribution in [0.25, 0.3) is 11.1 Å². The van der Waals surface area contributed by atoms with Crippen LogP contribution in [0.1, 0.15) is 96.0 Å². The third kappa shape index (κ3) is 9.26. The van der Waals surface area contributed by atoms with Gasteiger partial charge in [-0.15, -0.1) is 0 Å². The van der Waals surface area contributed by atoms with E-state index < -0.39 is 0 Å². The third-order valence-electron chi connectivity index (χ3n) is 7.39. The third-order valence-corrected chi connectivity index (χ3v) is 7.39. The maximum Gasteiger partial charge on any atom is 0.151 e. The molecule has 1 fully saturated rings. The second-order valence-corrected chi connectivity index (χ2v) is 9.78. The molecule has 0 atom stereocenters. The normalized spacial score (nSPS) is 13.9. The van der Waals surface area contributed by atoms with E-state index in [9.17, 15) is 0 Å². The highest BCUT2D eigenvalue weighted by Crippen LogP contribution is 2.35. The van der Waals surface area contributed by atoms with Crippen LogP contribution in [0.5, 0.6) is 0 Å². The minimum atomic E-state index is 0.230. The molecule has 8 nitrogen and oxygen atoms in total. The van der Waals surface area contributed by atoms with Crippen molar-refractivity contribution in [3.05, 3.63) is 83.6 Å². The quantitative estimate of drug-likeness (QED) is 0.239. The summed E-state index contributed by atoms with van der Waals surface area (Å²) in [4.78, 5) is 6.52. The number of nitrogens with two attached hydrogens (primary N) is 1. The maximum absolute atomic E-state index is 9.11. The number of rotatable bonds is 8. The predicted octanol–water partition coefficient (Wildman–Crippen LogP) is 6.84. The molecule has 0 saturated carbocycles. The summed E-state index contributed by atoms with van der Waals surface area (Å²) >= 11 is 0. The predicted molar refractivity (Wildman–Crippen MR) is 177 cm³/mol. The Bertz CT molecular complexity index is 1320. The van der Waals surface area contributed by atoms with Crippen molar-refractivity contribution in [2.24, 2.45) is 0 Å². The zero-order chi connectivity index (χ0) is 30.9. The van der Waals surface area contributed by atoms with Gasteiger partial charge < -0.3 is 15.7 Å². The number of aromatic nitrogens is 5. The summed E-state index contributed by atoms with van der Waals surface area (Å²) < 4.78 is 3.97. The number of β-amino-alcohol motifs (C(OH)–C–C–N with tert-alkyl or cyclic N) is 1. The monoisotopic (exact) mass is 575 g/mol. The number of piperidine rings is 1. The molecule has 1 saturated heterocycles. The van der Waals surface area contributed by atoms with Crippen molar-refractivity contribution in [1.29, 1.82) is 0 Å². The highest BCUT2D eigenvalue weighted by molar-refractivity contribution is 5.85. The van der Waals surface area contributed by atoms with Crippen molar-refractivity contribution < 1.29 is 5.11 Å². The van der Waals surface area contributed by atoms with Crippen LogP contribution in [-0.2, 0) is 13.0 Å². The van der Waals surface area contributed by atoms with Gasteiger partial charge in [0.1, 0.15) is 11.8 Å². The number of aliphatic hydroxyl groups excluding tert-OH is 1. The van der Waals surface area contributed by atoms with Gasteiger partial charge in [0.15, 0.2) is 5.82 Å². The summed E-state index contributed by atoms with van der Waals surface area (Å²) in [5, 5.41) is 17.9. The van der Waals surface area contributed by atoms with Gasteiger partial charge in [0.05, 0.1) is 19.3 Å². The van der Waals surface area contributed by atoms with E-state index in [-0.39, 0.29) is 6.61 Å². The molecule has 1 aliphatic heterocycles. The first kappa shape index (κ1) is 34.7. The average Bonchev–Trinajstić information content (AvgIpc) is 3.67. The zero-order valence-corrected chi connectivity index (χ0v) is 26.9. The fraction of sp³-hybridized carbons (Fsp3) is 0.500. The summed E-state index contributed by atoms with van der Waals surface area (Å²) in [5.74, 6) is 1.00. The lowest BCUT2D eigenvalue weighted by atomic mass is 9.93. The van der Waals surface area contributed by atoms with Crippen LogP contribution in [0.3, 0.4) is 0 Å². The van der Waals surface area contributed by atoms with Crippen LogP contribution in [0, 0.1) is 0 Å². The number of hydrogen-bond donors (Lipinski definition) is 2. The molecular formula is C34H53N7O. The molecule has 0 radical (unpaired) electrons. The van der Waals surface area contributed by atoms with Crippen LogP contribution in [-0.4, -0.2) is 60.6 Å². The van der Waals surface area contributed by atoms with Crippen molar-refractivity contribution >= 4 is 16.9 Å². The van der Waals surface area contributed by atoms with Crippen molar-refractivity contribution in [1.82, 2.24) is 29.3 Å². The van der Waals surface area contributed by atoms with E-state index >= 15 is 0 Å². The summed E-state index contributed by atoms with van der Waals surface area (Å²) in [6.45, 7) is 18.2. The van der Waals surface area contributed by atoms with Gasteiger partial charge in [0, 0.05) is 29.9 Å². The lowest BCUT2D eigenvalue weighted by Crippen LogP contribution is -2.35. The summed E-state index contributed by atoms with van der Waals surface area (Å²) in [6.07, 6.45) is 11.9. The Morgan fingerprint density at radius 1 is 1.02 bits per heavy atom. The number of nitrogens with zero attached hydrogens (tertiary/aromatic N) is 6. The van der Waals surface area contributed by atoms with E-state index in [0.717, 1.165) is 62.9 Å². The number of benzene rings is 1. The van der Waals surface area contributed by atoms with Crippen molar-refractivity contribution in [2.75, 3.05) is 32.0 Å². The topological polar surface area (TPSA) is 97.5 Å². The molecule has 1 aliphatic rings. The molecule has 0 bridgehead atoms. The minimum Gasteiger partial charge on any atom is -0.395 e. The summed E-state index contributed by atoms with van der Waals surface area (Å²) in [5.41, 5.74) is 13.3. The Labute approximate surface area is 253 Å². The fourth-order valence-electron chi connectivity index (χ4n) is 5.22. The number of hydrogen-bond acceptors (Lipinski definition) is 6. The molecule has 4 heterocycles. The van der Waals surface area contributed by atoms with E-state index in [4.69, 9.17) is 10.8 Å². The number of allylic oxidation sites excluding steroid dienone is 2. The van der Waals surface area contributed by atoms with Crippen molar-refractivity contribution in [2.45, 2.75) is 86.6 Å². The van der Waals surface area contributed by atoms with E-state index in [1.54, 1.807) is 0 Å². The standard InChI is InChI=1S/C18H27N5O.C12H14N2.2C2H6/c1-3-13(4-2)15-11-16(23-17(15)18(19)20-12-21-23)14-5-7-22(8-6-14)9-10-24;1-2-11-8-13-14(9-11)10-12-6-4-3-5-7-12;2*1-2/h3,11-12,14,24H,4-10H2,1-2H3,(H2,19,20,21);3-9H,2,10H2,1H3;2*1-2H3/b13-3+;;;. The van der Waals surface area contributed by atoms with Crippen LogP contribution in [0.15, 0.2) is 61.2 Å². The molecule has 230 valence electrons. The number of likely N-dealkylation sites (tertiary alicyclic amines) is 1. The molecule has 0 aliphatic carbocycles. The molecule has 0 unspecified atom stereocenters. The van der Waals surface area contributed by atoms with Gasteiger partial charge in [0.2, 0.25) is 0 Å². The first-order valence-electron chi connectivity index (χ1n) is 15.7. The molecular weight excluding hydrogens is 522 g/mol. The molecule has 42 heavy (non-hydrogen) atoms. The van der Waals surface area contributed by atoms with Gasteiger partial charge in [-0.2, -0.15) is 10.2 Å². The molecule has 3 N–H and O–H groups in total. The Kier molecular flexibility index (Phi) is 15.6. The molecule has 0 amide bonds. The molecule has 4 aromatic rings. The van der Waals surface area contributed by atoms with Crippen molar-refractivity contribution in [3.63, 3.8) is 0 Å². The number of fused-ring (bicyclic) bond motifs is 1. The largest absolute Gasteiger partial charge is 0.395 e. The van der Waals surface area contributed by atoms with E-state index in [1.807, 2.05) is 49.2 Å². The average molecular weight is 576 g/mol. The minimum absolute atomic E-state index is 0.230. The molecule has 5 rings (SSSR count). The number of aryl methyl sites for hydroxylation is 1. The van der Waals surface area contributed by atoms with Crippen LogP contribution in [0.2, 0.25) is 0 Å². The van der Waals surface area contributed by atoms with Gasteiger partial charge in [-0.1, -0.05) is 78.0 Å². The Morgan fingerprint density at radius 3 is 2.29 bits per heavy atom. The first-order chi connectivity index (χ1) is 20.6. The molecule has 3 aromatic heterocycles. The van der Waals surface area contributed by atoms with Crippen LogP contribution < -0.4 is 5.73 Å². The summed E-state index contributed by atoms with van der Waals surface area (Å²) in [6, 6.07) is 12.6. The summed E-state index contributed by atoms with van der Waals surface area (Å²) in [7, 11) is 0. The highest BCUT2D eigenvalue weighted by atomic mass is 16.3. The number of anilines is 1. The van der Waals surface area contributed by atoms with E-state index in [0.29, 0.717) is 11.7 Å². The van der Waals surface area contributed by atoms with Crippen molar-refractivity contribution in [3.8, 4) is 0 Å². The highest BCUT2D eigenvalue weighted by Gasteiger charge is 2.25. The molecule has 0 spiro atoms. The Morgan fingerprint density at radius 2 is 1.71 bits per heavy atom. The van der Waals surface area contributed by atoms with Gasteiger partial charge in [-0.3, -0.25) is 4.68 Å². The van der Waals surface area contributed by atoms with E-state index in [1.165, 1.54) is 28.7 Å². The van der Waals surface area contributed by atoms with Gasteiger partial charge in [-0.05, 0) is 68.5 Å². The van der Waals surface area contributed by atoms with Gasteiger partial charge in [0.25, 0.3) is 0 Å². The first-order valence-corrected chi connectivity index (χ1v) is 15.7. The lowest BCUT2D eigenvalue weighted by Gasteiger charge is -2.31. The fourth-order valence-corrected chi connectivity index (χ4v) is 5.22. The SMILES string of the molecule is C/C=C(\CC)c1cc(C2CCN(CCO)CC2)n2ncnc(N)c12.CC.CC.CCc1cnn(Cc2ccccc2)c1. The molecule has 8 heteroatoms. The Balaban J connectivity index is 0.000000291. The number of nitrogen functional groups attached to an aromatic ring is 1. The maximum atomic E-state index is 9.11. The van der Waals surface area contributed by atoms with Crippen LogP contribution in [0.4, 0.5) is 5.82 Å². The van der Waals surface area contributed by atoms with Crippen LogP contribution >= 0.6 is 0 Å².